The number of hydrogen-bond acceptors (Lipinski definition) is 2. The highest BCUT2D eigenvalue weighted by atomic mass is 15.1. The van der Waals surface area contributed by atoms with Crippen molar-refractivity contribution in [2.45, 2.75) is 6.82 Å². The Balaban J connectivity index is 1.98. The summed E-state index contributed by atoms with van der Waals surface area (Å²) in [5.41, 5.74) is 2.46. The fourth-order valence-electron chi connectivity index (χ4n) is 3.00. The van der Waals surface area contributed by atoms with Crippen molar-refractivity contribution in [1.29, 1.82) is 0 Å². The third kappa shape index (κ3) is 1.93. The number of aromatic nitrogens is 1. The minimum atomic E-state index is 0.290. The van der Waals surface area contributed by atoms with Crippen LogP contribution in [0.1, 0.15) is 5.56 Å². The van der Waals surface area contributed by atoms with Crippen LogP contribution in [0.4, 0.5) is 11.5 Å². The van der Waals surface area contributed by atoms with Crippen LogP contribution in [0.15, 0.2) is 66.8 Å². The molecule has 0 fully saturated rings. The molecule has 1 aliphatic heterocycles. The molecule has 2 nitrogen and oxygen atoms in total. The van der Waals surface area contributed by atoms with E-state index in [1.165, 1.54) is 22.0 Å². The van der Waals surface area contributed by atoms with Crippen LogP contribution in [0.3, 0.4) is 0 Å². The number of para-hydroxylation sites is 1. The van der Waals surface area contributed by atoms with Crippen LogP contribution in [0.25, 0.3) is 16.8 Å². The lowest BCUT2D eigenvalue weighted by atomic mass is 9.60. The van der Waals surface area contributed by atoms with Gasteiger partial charge < -0.3 is 4.81 Å². The molecule has 1 aliphatic rings. The van der Waals surface area contributed by atoms with E-state index in [0.29, 0.717) is 6.85 Å². The van der Waals surface area contributed by atoms with Crippen molar-refractivity contribution < 1.29 is 0 Å². The minimum absolute atomic E-state index is 0.290. The highest BCUT2D eigenvalue weighted by Crippen LogP contribution is 2.36. The Kier molecular flexibility index (Phi) is 2.78. The lowest BCUT2D eigenvalue weighted by Crippen LogP contribution is -2.34. The molecule has 100 valence electrons. The van der Waals surface area contributed by atoms with E-state index >= 15 is 0 Å². The smallest absolute Gasteiger partial charge is 0.285 e. The van der Waals surface area contributed by atoms with Crippen molar-refractivity contribution in [3.8, 4) is 0 Å². The van der Waals surface area contributed by atoms with Crippen molar-refractivity contribution in [3.05, 3.63) is 72.3 Å². The molecule has 0 N–H and O–H groups in total. The molecule has 1 aromatic heterocycles. The van der Waals surface area contributed by atoms with Crippen molar-refractivity contribution >= 4 is 35.2 Å². The standard InChI is InChI=1S/C18H15BN2/c1-19-12-10-15-7-3-5-9-17(15)21(19)18-16-8-4-2-6-14(16)11-13-20-18/h2-13H,1H3. The van der Waals surface area contributed by atoms with Gasteiger partial charge in [-0.05, 0) is 23.1 Å². The van der Waals surface area contributed by atoms with Crippen LogP contribution in [-0.4, -0.2) is 11.8 Å². The zero-order chi connectivity index (χ0) is 14.2. The van der Waals surface area contributed by atoms with Gasteiger partial charge in [-0.2, -0.15) is 0 Å². The SMILES string of the molecule is CB1C=Cc2ccccc2N1c1nccc2ccccc12. The van der Waals surface area contributed by atoms with Gasteiger partial charge in [-0.25, -0.2) is 4.98 Å². The van der Waals surface area contributed by atoms with Gasteiger partial charge in [0.2, 0.25) is 0 Å². The first-order chi connectivity index (χ1) is 10.3. The van der Waals surface area contributed by atoms with Crippen LogP contribution in [0, 0.1) is 0 Å². The monoisotopic (exact) mass is 270 g/mol. The maximum absolute atomic E-state index is 4.67. The molecule has 0 bridgehead atoms. The minimum Gasteiger partial charge on any atom is -0.366 e. The Morgan fingerprint density at radius 1 is 0.952 bits per heavy atom. The number of anilines is 2. The molecule has 0 spiro atoms. The lowest BCUT2D eigenvalue weighted by molar-refractivity contribution is 1.24. The summed E-state index contributed by atoms with van der Waals surface area (Å²) in [4.78, 5) is 6.99. The summed E-state index contributed by atoms with van der Waals surface area (Å²) in [7, 11) is 0. The Hall–Kier alpha value is -2.55. The highest BCUT2D eigenvalue weighted by Gasteiger charge is 2.25. The molecule has 21 heavy (non-hydrogen) atoms. The molecule has 2 aromatic carbocycles. The second-order valence-corrected chi connectivity index (χ2v) is 5.38. The molecule has 0 radical (unpaired) electrons. The van der Waals surface area contributed by atoms with Gasteiger partial charge in [0.15, 0.2) is 0 Å². The van der Waals surface area contributed by atoms with Crippen molar-refractivity contribution in [2.24, 2.45) is 0 Å². The molecule has 4 rings (SSSR count). The number of fused-ring (bicyclic) bond motifs is 2. The van der Waals surface area contributed by atoms with Crippen LogP contribution in [0.2, 0.25) is 6.82 Å². The fourth-order valence-corrected chi connectivity index (χ4v) is 3.00. The summed E-state index contributed by atoms with van der Waals surface area (Å²) in [5.74, 6) is 3.25. The van der Waals surface area contributed by atoms with Gasteiger partial charge >= 0.3 is 0 Å². The van der Waals surface area contributed by atoms with E-state index in [1.54, 1.807) is 0 Å². The second kappa shape index (κ2) is 4.78. The second-order valence-electron chi connectivity index (χ2n) is 5.38. The van der Waals surface area contributed by atoms with Crippen molar-refractivity contribution in [1.82, 2.24) is 4.98 Å². The summed E-state index contributed by atoms with van der Waals surface area (Å²) in [5, 5.41) is 2.42. The molecule has 0 amide bonds. The molecule has 0 saturated heterocycles. The van der Waals surface area contributed by atoms with Crippen molar-refractivity contribution in [3.63, 3.8) is 0 Å². The summed E-state index contributed by atoms with van der Waals surface area (Å²) in [6, 6.07) is 19.0. The predicted molar refractivity (Wildman–Crippen MR) is 91.0 cm³/mol. The molecule has 0 saturated carbocycles. The van der Waals surface area contributed by atoms with E-state index < -0.39 is 0 Å². The summed E-state index contributed by atoms with van der Waals surface area (Å²) in [6.45, 7) is 2.49. The molecular weight excluding hydrogens is 255 g/mol. The quantitative estimate of drug-likeness (QED) is 0.602. The fraction of sp³-hybridized carbons (Fsp3) is 0.0556. The molecule has 0 aliphatic carbocycles. The van der Waals surface area contributed by atoms with Gasteiger partial charge in [0.25, 0.3) is 6.85 Å². The summed E-state index contributed by atoms with van der Waals surface area (Å²) in [6.07, 6.45) is 4.09. The maximum atomic E-state index is 4.67. The Morgan fingerprint density at radius 3 is 2.71 bits per heavy atom. The van der Waals surface area contributed by atoms with Gasteiger partial charge in [0, 0.05) is 17.3 Å². The van der Waals surface area contributed by atoms with E-state index in [4.69, 9.17) is 0 Å². The van der Waals surface area contributed by atoms with E-state index in [-0.39, 0.29) is 0 Å². The maximum Gasteiger partial charge on any atom is 0.285 e. The van der Waals surface area contributed by atoms with Gasteiger partial charge in [-0.3, -0.25) is 0 Å². The number of rotatable bonds is 1. The largest absolute Gasteiger partial charge is 0.366 e. The Bertz CT molecular complexity index is 836. The molecular formula is C18H15BN2. The van der Waals surface area contributed by atoms with Gasteiger partial charge in [-0.1, -0.05) is 61.3 Å². The van der Waals surface area contributed by atoms with Crippen LogP contribution < -0.4 is 4.81 Å². The van der Waals surface area contributed by atoms with Crippen molar-refractivity contribution in [2.75, 3.05) is 4.81 Å². The Morgan fingerprint density at radius 2 is 1.76 bits per heavy atom. The molecule has 0 unspecified atom stereocenters. The summed E-state index contributed by atoms with van der Waals surface area (Å²) < 4.78 is 0. The third-order valence-electron chi connectivity index (χ3n) is 4.04. The third-order valence-corrected chi connectivity index (χ3v) is 4.04. The van der Waals surface area contributed by atoms with E-state index in [9.17, 15) is 0 Å². The number of pyridine rings is 1. The number of nitrogens with zero attached hydrogens (tertiary/aromatic N) is 2. The molecule has 3 heteroatoms. The highest BCUT2D eigenvalue weighted by molar-refractivity contribution is 6.70. The predicted octanol–water partition coefficient (Wildman–Crippen LogP) is 4.56. The van der Waals surface area contributed by atoms with Crippen LogP contribution in [0.5, 0.6) is 0 Å². The van der Waals surface area contributed by atoms with Gasteiger partial charge in [0.1, 0.15) is 5.82 Å². The van der Waals surface area contributed by atoms with Crippen LogP contribution in [-0.2, 0) is 0 Å². The van der Waals surface area contributed by atoms with Gasteiger partial charge in [0.05, 0.1) is 0 Å². The zero-order valence-electron chi connectivity index (χ0n) is 11.9. The first-order valence-corrected chi connectivity index (χ1v) is 7.25. The molecule has 2 heterocycles. The van der Waals surface area contributed by atoms with Crippen LogP contribution >= 0.6 is 0 Å². The Labute approximate surface area is 124 Å². The van der Waals surface area contributed by atoms with Gasteiger partial charge in [-0.15, -0.1) is 0 Å². The number of hydrogen-bond donors (Lipinski definition) is 0. The van der Waals surface area contributed by atoms with E-state index in [0.717, 1.165) is 5.82 Å². The first kappa shape index (κ1) is 12.2. The van der Waals surface area contributed by atoms with E-state index in [1.807, 2.05) is 6.20 Å². The zero-order valence-corrected chi connectivity index (χ0v) is 11.9. The number of benzene rings is 2. The van der Waals surface area contributed by atoms with E-state index in [2.05, 4.69) is 83.3 Å². The average molecular weight is 270 g/mol. The lowest BCUT2D eigenvalue weighted by Gasteiger charge is -2.32. The average Bonchev–Trinajstić information content (AvgIpc) is 2.54. The molecule has 3 aromatic rings. The topological polar surface area (TPSA) is 16.1 Å². The first-order valence-electron chi connectivity index (χ1n) is 7.25. The normalized spacial score (nSPS) is 13.6. The summed E-state index contributed by atoms with van der Waals surface area (Å²) >= 11 is 0. The molecule has 0 atom stereocenters.